The van der Waals surface area contributed by atoms with Crippen molar-refractivity contribution in [1.82, 2.24) is 25.4 Å². The Hall–Kier alpha value is -1.89. The molecular formula is C15H24N6S. The van der Waals surface area contributed by atoms with Crippen LogP contribution in [0.4, 0.5) is 0 Å². The number of thiazole rings is 1. The number of aliphatic imine (C=N–C) groups is 1. The monoisotopic (exact) mass is 320 g/mol. The van der Waals surface area contributed by atoms with E-state index in [1.807, 2.05) is 23.1 Å². The van der Waals surface area contributed by atoms with E-state index >= 15 is 0 Å². The third-order valence-electron chi connectivity index (χ3n) is 3.02. The van der Waals surface area contributed by atoms with Crippen molar-refractivity contribution >= 4 is 17.3 Å². The van der Waals surface area contributed by atoms with Crippen molar-refractivity contribution in [3.05, 3.63) is 34.5 Å². The number of aryl methyl sites for hydroxylation is 2. The summed E-state index contributed by atoms with van der Waals surface area (Å²) < 4.78 is 1.93. The summed E-state index contributed by atoms with van der Waals surface area (Å²) in [5.41, 5.74) is 0. The quantitative estimate of drug-likeness (QED) is 0.442. The van der Waals surface area contributed by atoms with Gasteiger partial charge in [-0.3, -0.25) is 9.67 Å². The first-order chi connectivity index (χ1) is 10.8. The summed E-state index contributed by atoms with van der Waals surface area (Å²) >= 11 is 1.75. The Bertz CT molecular complexity index is 560. The Kier molecular flexibility index (Phi) is 6.89. The van der Waals surface area contributed by atoms with Crippen LogP contribution >= 0.6 is 11.3 Å². The molecule has 0 unspecified atom stereocenters. The summed E-state index contributed by atoms with van der Waals surface area (Å²) in [6, 6.07) is 1.94. The van der Waals surface area contributed by atoms with Gasteiger partial charge in [0.2, 0.25) is 0 Å². The van der Waals surface area contributed by atoms with E-state index in [-0.39, 0.29) is 0 Å². The summed E-state index contributed by atoms with van der Waals surface area (Å²) in [5.74, 6) is 0.872. The molecule has 0 atom stereocenters. The highest BCUT2D eigenvalue weighted by atomic mass is 32.1. The number of hydrogen-bond acceptors (Lipinski definition) is 4. The highest BCUT2D eigenvalue weighted by Gasteiger charge is 2.00. The standard InChI is InChI=1S/C15H24N6S/c1-3-16-15(17-7-4-10-21-11-5-8-20-21)18-9-6-14-19-12-13(2)22-14/h5,8,11-12H,3-4,6-7,9-10H2,1-2H3,(H2,16,17,18). The molecule has 0 radical (unpaired) electrons. The molecule has 120 valence electrons. The van der Waals surface area contributed by atoms with Gasteiger partial charge in [-0.1, -0.05) is 0 Å². The van der Waals surface area contributed by atoms with Crippen molar-refractivity contribution in [3.8, 4) is 0 Å². The van der Waals surface area contributed by atoms with E-state index in [0.717, 1.165) is 45.0 Å². The topological polar surface area (TPSA) is 67.1 Å². The third-order valence-corrected chi connectivity index (χ3v) is 3.99. The molecule has 22 heavy (non-hydrogen) atoms. The molecule has 0 amide bonds. The molecule has 0 aliphatic heterocycles. The van der Waals surface area contributed by atoms with E-state index in [1.165, 1.54) is 9.88 Å². The molecule has 2 rings (SSSR count). The average Bonchev–Trinajstić information content (AvgIpc) is 3.15. The van der Waals surface area contributed by atoms with Gasteiger partial charge in [-0.05, 0) is 26.3 Å². The zero-order valence-corrected chi connectivity index (χ0v) is 14.1. The van der Waals surface area contributed by atoms with Crippen LogP contribution in [0.25, 0.3) is 0 Å². The fourth-order valence-corrected chi connectivity index (χ4v) is 2.79. The first kappa shape index (κ1) is 16.5. The number of nitrogens with zero attached hydrogens (tertiary/aromatic N) is 4. The molecule has 0 saturated carbocycles. The molecule has 0 saturated heterocycles. The van der Waals surface area contributed by atoms with Gasteiger partial charge in [0.1, 0.15) is 0 Å². The third kappa shape index (κ3) is 5.85. The van der Waals surface area contributed by atoms with Crippen LogP contribution in [0.5, 0.6) is 0 Å². The van der Waals surface area contributed by atoms with Crippen molar-refractivity contribution < 1.29 is 0 Å². The van der Waals surface area contributed by atoms with Gasteiger partial charge in [-0.25, -0.2) is 4.98 Å². The second kappa shape index (κ2) is 9.19. The Morgan fingerprint density at radius 3 is 3.00 bits per heavy atom. The number of rotatable bonds is 8. The molecule has 2 heterocycles. The minimum atomic E-state index is 0.783. The molecule has 0 aliphatic carbocycles. The maximum Gasteiger partial charge on any atom is 0.191 e. The van der Waals surface area contributed by atoms with Gasteiger partial charge in [0.25, 0.3) is 0 Å². The number of hydrogen-bond donors (Lipinski definition) is 2. The Balaban J connectivity index is 1.69. The van der Waals surface area contributed by atoms with Crippen molar-refractivity contribution in [3.63, 3.8) is 0 Å². The minimum Gasteiger partial charge on any atom is -0.357 e. The van der Waals surface area contributed by atoms with E-state index in [0.29, 0.717) is 0 Å². The van der Waals surface area contributed by atoms with E-state index < -0.39 is 0 Å². The number of guanidine groups is 1. The van der Waals surface area contributed by atoms with Crippen molar-refractivity contribution in [1.29, 1.82) is 0 Å². The van der Waals surface area contributed by atoms with Gasteiger partial charge in [-0.15, -0.1) is 11.3 Å². The molecule has 0 bridgehead atoms. The Morgan fingerprint density at radius 2 is 2.32 bits per heavy atom. The van der Waals surface area contributed by atoms with Gasteiger partial charge >= 0.3 is 0 Å². The molecule has 0 aliphatic rings. The Labute approximate surface area is 135 Å². The van der Waals surface area contributed by atoms with Gasteiger partial charge in [-0.2, -0.15) is 5.10 Å². The molecule has 6 nitrogen and oxygen atoms in total. The van der Waals surface area contributed by atoms with Crippen LogP contribution in [0.15, 0.2) is 29.6 Å². The number of nitrogens with one attached hydrogen (secondary N) is 2. The lowest BCUT2D eigenvalue weighted by Crippen LogP contribution is -2.38. The van der Waals surface area contributed by atoms with Crippen LogP contribution in [0.2, 0.25) is 0 Å². The fraction of sp³-hybridized carbons (Fsp3) is 0.533. The normalized spacial score (nSPS) is 11.6. The Morgan fingerprint density at radius 1 is 1.41 bits per heavy atom. The van der Waals surface area contributed by atoms with Crippen LogP contribution in [0.3, 0.4) is 0 Å². The maximum absolute atomic E-state index is 4.59. The lowest BCUT2D eigenvalue weighted by molar-refractivity contribution is 0.584. The smallest absolute Gasteiger partial charge is 0.191 e. The summed E-state index contributed by atoms with van der Waals surface area (Å²) in [6.07, 6.45) is 7.60. The molecule has 2 aromatic heterocycles. The molecule has 7 heteroatoms. The summed E-state index contributed by atoms with van der Waals surface area (Å²) in [7, 11) is 0. The van der Waals surface area contributed by atoms with Gasteiger partial charge in [0.15, 0.2) is 5.96 Å². The first-order valence-corrected chi connectivity index (χ1v) is 8.50. The highest BCUT2D eigenvalue weighted by molar-refractivity contribution is 7.11. The van der Waals surface area contributed by atoms with E-state index in [1.54, 1.807) is 17.5 Å². The predicted molar refractivity (Wildman–Crippen MR) is 91.4 cm³/mol. The van der Waals surface area contributed by atoms with Crippen molar-refractivity contribution in [2.45, 2.75) is 33.2 Å². The lowest BCUT2D eigenvalue weighted by Gasteiger charge is -2.10. The highest BCUT2D eigenvalue weighted by Crippen LogP contribution is 2.10. The second-order valence-electron chi connectivity index (χ2n) is 4.92. The average molecular weight is 320 g/mol. The summed E-state index contributed by atoms with van der Waals surface area (Å²) in [4.78, 5) is 10.2. The summed E-state index contributed by atoms with van der Waals surface area (Å²) in [6.45, 7) is 7.55. The maximum atomic E-state index is 4.59. The summed E-state index contributed by atoms with van der Waals surface area (Å²) in [5, 5.41) is 12.0. The van der Waals surface area contributed by atoms with E-state index in [4.69, 9.17) is 0 Å². The van der Waals surface area contributed by atoms with E-state index in [9.17, 15) is 0 Å². The van der Waals surface area contributed by atoms with Crippen LogP contribution in [-0.2, 0) is 13.0 Å². The zero-order valence-electron chi connectivity index (χ0n) is 13.2. The minimum absolute atomic E-state index is 0.783. The van der Waals surface area contributed by atoms with Gasteiger partial charge in [0, 0.05) is 56.1 Å². The molecule has 0 fully saturated rings. The van der Waals surface area contributed by atoms with Crippen LogP contribution < -0.4 is 10.6 Å². The zero-order chi connectivity index (χ0) is 15.6. The number of aromatic nitrogens is 3. The van der Waals surface area contributed by atoms with Gasteiger partial charge < -0.3 is 10.6 Å². The van der Waals surface area contributed by atoms with E-state index in [2.05, 4.69) is 39.6 Å². The predicted octanol–water partition coefficient (Wildman–Crippen LogP) is 1.84. The molecule has 0 aromatic carbocycles. The van der Waals surface area contributed by atoms with Crippen molar-refractivity contribution in [2.24, 2.45) is 4.99 Å². The molecule has 2 N–H and O–H groups in total. The first-order valence-electron chi connectivity index (χ1n) is 7.69. The van der Waals surface area contributed by atoms with Crippen LogP contribution in [0.1, 0.15) is 23.2 Å². The second-order valence-corrected chi connectivity index (χ2v) is 6.24. The van der Waals surface area contributed by atoms with Gasteiger partial charge in [0.05, 0.1) is 5.01 Å². The molecular weight excluding hydrogens is 296 g/mol. The molecule has 0 spiro atoms. The van der Waals surface area contributed by atoms with Crippen LogP contribution in [0, 0.1) is 6.92 Å². The van der Waals surface area contributed by atoms with Crippen molar-refractivity contribution in [2.75, 3.05) is 19.6 Å². The largest absolute Gasteiger partial charge is 0.357 e. The SMILES string of the molecule is CCNC(=NCCCn1cccn1)NCCc1ncc(C)s1. The van der Waals surface area contributed by atoms with Crippen LogP contribution in [-0.4, -0.2) is 40.4 Å². The molecule has 2 aromatic rings. The lowest BCUT2D eigenvalue weighted by atomic mass is 10.4. The fourth-order valence-electron chi connectivity index (χ4n) is 2.00.